The number of carbonyl (C=O) groups is 2. The van der Waals surface area contributed by atoms with Crippen LogP contribution in [0.2, 0.25) is 0 Å². The molecule has 0 rings (SSSR count). The number of allylic oxidation sites excluding steroid dienone is 8. The van der Waals surface area contributed by atoms with Crippen molar-refractivity contribution >= 4 is 19.8 Å². The van der Waals surface area contributed by atoms with Crippen LogP contribution >= 0.6 is 7.82 Å². The van der Waals surface area contributed by atoms with Gasteiger partial charge in [0.2, 0.25) is 0 Å². The SMILES string of the molecule is CCCCCCC/C=C\C/C=C\C/C=C\CCCCCCCCC(=O)OC(COC(=O)CCCCCCCCCCCCCCCCCCCCCCC/C=C\CCCCCCCCCC)COP(=O)(O)OCCN. The highest BCUT2D eigenvalue weighted by Gasteiger charge is 2.26. The molecule has 0 heterocycles. The minimum Gasteiger partial charge on any atom is -0.462 e. The highest BCUT2D eigenvalue weighted by Crippen LogP contribution is 2.43. The van der Waals surface area contributed by atoms with Crippen molar-refractivity contribution in [2.75, 3.05) is 26.4 Å². The van der Waals surface area contributed by atoms with Crippen LogP contribution in [0.4, 0.5) is 0 Å². The Bertz CT molecular complexity index is 1370. The number of unbranched alkanes of at least 4 members (excludes halogenated alkanes) is 40. The summed E-state index contributed by atoms with van der Waals surface area (Å²) < 4.78 is 33.1. The molecule has 0 saturated heterocycles. The number of hydrogen-bond acceptors (Lipinski definition) is 8. The van der Waals surface area contributed by atoms with Crippen molar-refractivity contribution in [2.24, 2.45) is 5.73 Å². The molecule has 0 aliphatic heterocycles. The Morgan fingerprint density at radius 2 is 0.693 bits per heavy atom. The van der Waals surface area contributed by atoms with E-state index in [-0.39, 0.29) is 38.6 Å². The summed E-state index contributed by atoms with van der Waals surface area (Å²) in [6.07, 6.45) is 76.2. The fourth-order valence-electron chi connectivity index (χ4n) is 9.41. The maximum Gasteiger partial charge on any atom is 0.472 e. The van der Waals surface area contributed by atoms with Crippen LogP contribution in [0.5, 0.6) is 0 Å². The van der Waals surface area contributed by atoms with E-state index in [1.807, 2.05) is 0 Å². The number of ether oxygens (including phenoxy) is 2. The molecule has 2 atom stereocenters. The minimum absolute atomic E-state index is 0.0511. The zero-order valence-electron chi connectivity index (χ0n) is 49.3. The number of phosphoric ester groups is 1. The van der Waals surface area contributed by atoms with E-state index >= 15 is 0 Å². The Kier molecular flexibility index (Phi) is 59.5. The van der Waals surface area contributed by atoms with Crippen LogP contribution in [0.1, 0.15) is 322 Å². The van der Waals surface area contributed by atoms with Crippen LogP contribution in [-0.2, 0) is 32.7 Å². The average molecular weight is 1080 g/mol. The zero-order valence-corrected chi connectivity index (χ0v) is 50.2. The highest BCUT2D eigenvalue weighted by molar-refractivity contribution is 7.47. The second kappa shape index (κ2) is 61.2. The summed E-state index contributed by atoms with van der Waals surface area (Å²) in [5.74, 6) is -0.829. The van der Waals surface area contributed by atoms with Gasteiger partial charge in [-0.2, -0.15) is 0 Å². The molecule has 0 aromatic carbocycles. The molecule has 10 heteroatoms. The summed E-state index contributed by atoms with van der Waals surface area (Å²) in [6.45, 7) is 3.76. The highest BCUT2D eigenvalue weighted by atomic mass is 31.2. The second-order valence-electron chi connectivity index (χ2n) is 21.6. The first-order valence-corrected chi connectivity index (χ1v) is 33.6. The van der Waals surface area contributed by atoms with Gasteiger partial charge in [0, 0.05) is 19.4 Å². The monoisotopic (exact) mass is 1080 g/mol. The number of esters is 2. The predicted octanol–water partition coefficient (Wildman–Crippen LogP) is 20.5. The Balaban J connectivity index is 3.86. The maximum absolute atomic E-state index is 12.7. The molecule has 75 heavy (non-hydrogen) atoms. The van der Waals surface area contributed by atoms with Crippen molar-refractivity contribution in [2.45, 2.75) is 328 Å². The number of rotatable bonds is 61. The Hall–Kier alpha value is -2.03. The van der Waals surface area contributed by atoms with Gasteiger partial charge >= 0.3 is 19.8 Å². The van der Waals surface area contributed by atoms with Crippen molar-refractivity contribution in [1.82, 2.24) is 0 Å². The fourth-order valence-corrected chi connectivity index (χ4v) is 10.2. The van der Waals surface area contributed by atoms with Gasteiger partial charge in [-0.25, -0.2) is 4.57 Å². The quantitative estimate of drug-likeness (QED) is 0.0264. The van der Waals surface area contributed by atoms with E-state index in [4.69, 9.17) is 24.3 Å². The third kappa shape index (κ3) is 61.1. The maximum atomic E-state index is 12.7. The van der Waals surface area contributed by atoms with E-state index in [0.29, 0.717) is 6.42 Å². The summed E-state index contributed by atoms with van der Waals surface area (Å²) in [6, 6.07) is 0. The summed E-state index contributed by atoms with van der Waals surface area (Å²) in [4.78, 5) is 35.2. The zero-order chi connectivity index (χ0) is 54.5. The summed E-state index contributed by atoms with van der Waals surface area (Å²) in [5, 5.41) is 0. The first-order valence-electron chi connectivity index (χ1n) is 32.1. The van der Waals surface area contributed by atoms with Gasteiger partial charge in [0.05, 0.1) is 13.2 Å². The Labute approximate surface area is 464 Å². The Morgan fingerprint density at radius 3 is 1.04 bits per heavy atom. The topological polar surface area (TPSA) is 134 Å². The molecular formula is C65H122NO8P. The first kappa shape index (κ1) is 73.0. The smallest absolute Gasteiger partial charge is 0.462 e. The molecule has 2 unspecified atom stereocenters. The van der Waals surface area contributed by atoms with Gasteiger partial charge in [-0.1, -0.05) is 281 Å². The molecule has 0 aliphatic rings. The van der Waals surface area contributed by atoms with Crippen LogP contribution < -0.4 is 5.73 Å². The number of carbonyl (C=O) groups excluding carboxylic acids is 2. The van der Waals surface area contributed by atoms with Crippen molar-refractivity contribution in [3.8, 4) is 0 Å². The summed E-state index contributed by atoms with van der Waals surface area (Å²) in [5.41, 5.74) is 5.39. The average Bonchev–Trinajstić information content (AvgIpc) is 3.40. The van der Waals surface area contributed by atoms with Crippen molar-refractivity contribution < 1.29 is 37.6 Å². The third-order valence-corrected chi connectivity index (χ3v) is 15.2. The van der Waals surface area contributed by atoms with E-state index in [1.54, 1.807) is 0 Å². The minimum atomic E-state index is -4.39. The van der Waals surface area contributed by atoms with Gasteiger partial charge < -0.3 is 20.1 Å². The molecule has 0 aromatic heterocycles. The molecule has 0 fully saturated rings. The molecular weight excluding hydrogens is 954 g/mol. The molecule has 9 nitrogen and oxygen atoms in total. The fraction of sp³-hybridized carbons (Fsp3) is 0.846. The lowest BCUT2D eigenvalue weighted by Crippen LogP contribution is -2.29. The molecule has 0 aromatic rings. The lowest BCUT2D eigenvalue weighted by molar-refractivity contribution is -0.161. The molecule has 0 aliphatic carbocycles. The van der Waals surface area contributed by atoms with Crippen molar-refractivity contribution in [1.29, 1.82) is 0 Å². The van der Waals surface area contributed by atoms with E-state index in [1.165, 1.54) is 218 Å². The van der Waals surface area contributed by atoms with Gasteiger partial charge in [0.15, 0.2) is 6.10 Å². The summed E-state index contributed by atoms with van der Waals surface area (Å²) >= 11 is 0. The molecule has 440 valence electrons. The number of nitrogens with two attached hydrogens (primary N) is 1. The number of hydrogen-bond donors (Lipinski definition) is 2. The van der Waals surface area contributed by atoms with E-state index < -0.39 is 26.5 Å². The van der Waals surface area contributed by atoms with Crippen LogP contribution in [0.25, 0.3) is 0 Å². The van der Waals surface area contributed by atoms with E-state index in [9.17, 15) is 19.0 Å². The lowest BCUT2D eigenvalue weighted by atomic mass is 10.0. The molecule has 0 spiro atoms. The normalized spacial score (nSPS) is 13.3. The second-order valence-corrected chi connectivity index (χ2v) is 23.1. The van der Waals surface area contributed by atoms with Gasteiger partial charge in [-0.3, -0.25) is 18.6 Å². The van der Waals surface area contributed by atoms with Gasteiger partial charge in [0.1, 0.15) is 6.61 Å². The van der Waals surface area contributed by atoms with Crippen LogP contribution in [0.3, 0.4) is 0 Å². The van der Waals surface area contributed by atoms with Crippen molar-refractivity contribution in [3.63, 3.8) is 0 Å². The molecule has 0 bridgehead atoms. The number of phosphoric acid groups is 1. The van der Waals surface area contributed by atoms with E-state index in [0.717, 1.165) is 70.6 Å². The molecule has 3 N–H and O–H groups in total. The largest absolute Gasteiger partial charge is 0.472 e. The van der Waals surface area contributed by atoms with Gasteiger partial charge in [0.25, 0.3) is 0 Å². The summed E-state index contributed by atoms with van der Waals surface area (Å²) in [7, 11) is -4.39. The standard InChI is InChI=1S/C65H122NO8P/c1-3-5-7-9-11-13-15-17-19-21-23-25-26-27-28-29-30-31-32-33-34-35-36-38-39-41-43-45-47-49-51-53-55-57-64(67)71-61-63(62-73-75(69,70)72-60-59-66)74-65(68)58-56-54-52-50-48-46-44-42-40-37-24-22-20-18-16-14-12-10-8-6-4-2/h16,18,21-24,40,42,63H,3-15,17,19-20,25-39,41,43-62,66H2,1-2H3,(H,69,70)/b18-16-,23-21-,24-22-,42-40-. The Morgan fingerprint density at radius 1 is 0.400 bits per heavy atom. The van der Waals surface area contributed by atoms with Crippen molar-refractivity contribution in [3.05, 3.63) is 48.6 Å². The molecule has 0 amide bonds. The molecule has 0 radical (unpaired) electrons. The lowest BCUT2D eigenvalue weighted by Gasteiger charge is -2.19. The van der Waals surface area contributed by atoms with Crippen LogP contribution in [-0.4, -0.2) is 49.3 Å². The first-order chi connectivity index (χ1) is 36.8. The van der Waals surface area contributed by atoms with Gasteiger partial charge in [-0.15, -0.1) is 0 Å². The van der Waals surface area contributed by atoms with Crippen LogP contribution in [0, 0.1) is 0 Å². The predicted molar refractivity (Wildman–Crippen MR) is 321 cm³/mol. The van der Waals surface area contributed by atoms with Gasteiger partial charge in [-0.05, 0) is 77.0 Å². The molecule has 0 saturated carbocycles. The van der Waals surface area contributed by atoms with E-state index in [2.05, 4.69) is 62.5 Å². The third-order valence-electron chi connectivity index (χ3n) is 14.2. The van der Waals surface area contributed by atoms with Crippen LogP contribution in [0.15, 0.2) is 48.6 Å².